The van der Waals surface area contributed by atoms with Gasteiger partial charge in [-0.15, -0.1) is 16.4 Å². The maximum absolute atomic E-state index is 5.59. The summed E-state index contributed by atoms with van der Waals surface area (Å²) in [6.45, 7) is 1.55. The van der Waals surface area contributed by atoms with Crippen LogP contribution < -0.4 is 4.90 Å². The van der Waals surface area contributed by atoms with Crippen molar-refractivity contribution in [3.8, 4) is 11.4 Å². The van der Waals surface area contributed by atoms with E-state index in [-0.39, 0.29) is 0 Å². The standard InChI is InChI=1S/C19H19N5S2/c1-22(12-17-20-15-10-6-7-11-16(15)26-17)13-24-19(25)23(2)18(21-24)14-8-4-3-5-9-14/h3-11H,12-13H2,1-2H3/p+1. The zero-order chi connectivity index (χ0) is 18.1. The third-order valence-electron chi connectivity index (χ3n) is 4.28. The predicted molar refractivity (Wildman–Crippen MR) is 108 cm³/mol. The minimum Gasteiger partial charge on any atom is -0.313 e. The highest BCUT2D eigenvalue weighted by Gasteiger charge is 2.14. The number of nitrogens with zero attached hydrogens (tertiary/aromatic N) is 4. The topological polar surface area (TPSA) is 40.1 Å². The summed E-state index contributed by atoms with van der Waals surface area (Å²) in [4.78, 5) is 6.01. The summed E-state index contributed by atoms with van der Waals surface area (Å²) in [5.41, 5.74) is 2.14. The van der Waals surface area contributed by atoms with Crippen molar-refractivity contribution in [2.24, 2.45) is 7.05 Å². The molecule has 0 aliphatic carbocycles. The lowest BCUT2D eigenvalue weighted by Crippen LogP contribution is -3.07. The van der Waals surface area contributed by atoms with Gasteiger partial charge >= 0.3 is 0 Å². The SMILES string of the molecule is Cn1c(-c2ccccc2)nn(C[NH+](C)Cc2nc3ccccc3s2)c1=S. The lowest BCUT2D eigenvalue weighted by molar-refractivity contribution is -0.917. The van der Waals surface area contributed by atoms with Gasteiger partial charge in [-0.25, -0.2) is 4.98 Å². The quantitative estimate of drug-likeness (QED) is 0.540. The number of benzene rings is 2. The average Bonchev–Trinajstić information content (AvgIpc) is 3.18. The van der Waals surface area contributed by atoms with Crippen molar-refractivity contribution in [2.75, 3.05) is 7.05 Å². The molecule has 0 bridgehead atoms. The van der Waals surface area contributed by atoms with Gasteiger partial charge in [-0.2, -0.15) is 4.68 Å². The first-order valence-corrected chi connectivity index (χ1v) is 9.69. The van der Waals surface area contributed by atoms with Crippen molar-refractivity contribution in [3.05, 3.63) is 64.4 Å². The molecule has 7 heteroatoms. The molecule has 4 aromatic rings. The first-order chi connectivity index (χ1) is 12.6. The molecule has 4 rings (SSSR count). The molecule has 2 heterocycles. The summed E-state index contributed by atoms with van der Waals surface area (Å²) < 4.78 is 5.83. The second kappa shape index (κ2) is 7.11. The van der Waals surface area contributed by atoms with Gasteiger partial charge < -0.3 is 9.47 Å². The molecule has 26 heavy (non-hydrogen) atoms. The average molecular weight is 383 g/mol. The summed E-state index contributed by atoms with van der Waals surface area (Å²) in [5, 5.41) is 5.88. The fraction of sp³-hybridized carbons (Fsp3) is 0.211. The van der Waals surface area contributed by atoms with Crippen molar-refractivity contribution >= 4 is 33.8 Å². The molecule has 0 aliphatic heterocycles. The van der Waals surface area contributed by atoms with E-state index in [0.717, 1.165) is 33.2 Å². The van der Waals surface area contributed by atoms with Gasteiger partial charge in [0.05, 0.1) is 17.3 Å². The van der Waals surface area contributed by atoms with Crippen LogP contribution in [0.2, 0.25) is 0 Å². The van der Waals surface area contributed by atoms with Crippen molar-refractivity contribution in [3.63, 3.8) is 0 Å². The molecule has 0 amide bonds. The van der Waals surface area contributed by atoms with E-state index in [1.54, 1.807) is 11.3 Å². The van der Waals surface area contributed by atoms with Gasteiger partial charge in [0.15, 0.2) is 12.5 Å². The molecule has 0 spiro atoms. The third kappa shape index (κ3) is 3.33. The van der Waals surface area contributed by atoms with Crippen LogP contribution in [0.4, 0.5) is 0 Å². The van der Waals surface area contributed by atoms with Crippen LogP contribution in [-0.4, -0.2) is 26.4 Å². The van der Waals surface area contributed by atoms with Gasteiger partial charge in [0.25, 0.3) is 0 Å². The molecule has 0 fully saturated rings. The van der Waals surface area contributed by atoms with E-state index in [4.69, 9.17) is 22.3 Å². The summed E-state index contributed by atoms with van der Waals surface area (Å²) in [6.07, 6.45) is 0. The molecule has 0 saturated heterocycles. The van der Waals surface area contributed by atoms with Crippen molar-refractivity contribution in [2.45, 2.75) is 13.2 Å². The molecule has 1 atom stereocenters. The Hall–Kier alpha value is -2.35. The van der Waals surface area contributed by atoms with Crippen LogP contribution in [0.1, 0.15) is 5.01 Å². The maximum atomic E-state index is 5.59. The number of hydrogen-bond acceptors (Lipinski definition) is 4. The van der Waals surface area contributed by atoms with Crippen molar-refractivity contribution in [1.82, 2.24) is 19.3 Å². The van der Waals surface area contributed by atoms with Crippen LogP contribution in [-0.2, 0) is 20.3 Å². The molecule has 0 radical (unpaired) electrons. The molecule has 1 N–H and O–H groups in total. The molecule has 1 unspecified atom stereocenters. The number of thiazole rings is 1. The van der Waals surface area contributed by atoms with Crippen LogP contribution in [0.25, 0.3) is 21.6 Å². The Balaban J connectivity index is 1.54. The number of fused-ring (bicyclic) bond motifs is 1. The fourth-order valence-corrected chi connectivity index (χ4v) is 4.27. The highest BCUT2D eigenvalue weighted by atomic mass is 32.1. The van der Waals surface area contributed by atoms with E-state index >= 15 is 0 Å². The molecular formula is C19H20N5S2+. The normalized spacial score (nSPS) is 12.5. The first kappa shape index (κ1) is 17.1. The zero-order valence-corrected chi connectivity index (χ0v) is 16.3. The molecule has 0 aliphatic rings. The molecule has 2 aromatic carbocycles. The number of hydrogen-bond donors (Lipinski definition) is 1. The van der Waals surface area contributed by atoms with E-state index < -0.39 is 0 Å². The van der Waals surface area contributed by atoms with Gasteiger partial charge in [0.1, 0.15) is 11.6 Å². The number of quaternary nitrogens is 1. The summed E-state index contributed by atoms with van der Waals surface area (Å²) in [6, 6.07) is 18.4. The Morgan fingerprint density at radius 3 is 2.58 bits per heavy atom. The maximum Gasteiger partial charge on any atom is 0.202 e. The van der Waals surface area contributed by atoms with Crippen molar-refractivity contribution in [1.29, 1.82) is 0 Å². The van der Waals surface area contributed by atoms with Crippen LogP contribution in [0.3, 0.4) is 0 Å². The second-order valence-electron chi connectivity index (χ2n) is 6.40. The van der Waals surface area contributed by atoms with E-state index in [1.165, 1.54) is 9.60 Å². The fourth-order valence-electron chi connectivity index (χ4n) is 2.99. The smallest absolute Gasteiger partial charge is 0.202 e. The first-order valence-electron chi connectivity index (χ1n) is 8.47. The van der Waals surface area contributed by atoms with Crippen LogP contribution >= 0.6 is 23.6 Å². The number of para-hydroxylation sites is 1. The van der Waals surface area contributed by atoms with E-state index in [9.17, 15) is 0 Å². The number of rotatable bonds is 5. The van der Waals surface area contributed by atoms with Gasteiger partial charge in [-0.3, -0.25) is 0 Å². The molecule has 0 saturated carbocycles. The number of nitrogens with one attached hydrogen (secondary N) is 1. The number of aromatic nitrogens is 4. The second-order valence-corrected chi connectivity index (χ2v) is 7.88. The lowest BCUT2D eigenvalue weighted by atomic mass is 10.2. The lowest BCUT2D eigenvalue weighted by Gasteiger charge is -2.11. The highest BCUT2D eigenvalue weighted by molar-refractivity contribution is 7.71. The Morgan fingerprint density at radius 2 is 1.81 bits per heavy atom. The van der Waals surface area contributed by atoms with Crippen LogP contribution in [0.15, 0.2) is 54.6 Å². The predicted octanol–water partition coefficient (Wildman–Crippen LogP) is 2.90. The van der Waals surface area contributed by atoms with Gasteiger partial charge in [0, 0.05) is 12.6 Å². The molecule has 132 valence electrons. The monoisotopic (exact) mass is 382 g/mol. The molecule has 2 aromatic heterocycles. The van der Waals surface area contributed by atoms with E-state index in [1.807, 2.05) is 40.6 Å². The minimum atomic E-state index is 0.704. The summed E-state index contributed by atoms with van der Waals surface area (Å²) in [7, 11) is 4.11. The van der Waals surface area contributed by atoms with Gasteiger partial charge in [0.2, 0.25) is 4.77 Å². The zero-order valence-electron chi connectivity index (χ0n) is 14.7. The summed E-state index contributed by atoms with van der Waals surface area (Å²) >= 11 is 7.34. The van der Waals surface area contributed by atoms with Gasteiger partial charge in [-0.1, -0.05) is 42.5 Å². The Labute approximate surface area is 161 Å². The molecular weight excluding hydrogens is 362 g/mol. The summed E-state index contributed by atoms with van der Waals surface area (Å²) in [5.74, 6) is 0.892. The van der Waals surface area contributed by atoms with Crippen LogP contribution in [0, 0.1) is 4.77 Å². The van der Waals surface area contributed by atoms with E-state index in [0.29, 0.717) is 6.67 Å². The Kier molecular flexibility index (Phi) is 4.67. The largest absolute Gasteiger partial charge is 0.313 e. The van der Waals surface area contributed by atoms with Crippen LogP contribution in [0.5, 0.6) is 0 Å². The van der Waals surface area contributed by atoms with Crippen molar-refractivity contribution < 1.29 is 4.90 Å². The van der Waals surface area contributed by atoms with E-state index in [2.05, 4.69) is 37.4 Å². The Bertz CT molecular complexity index is 1060. The van der Waals surface area contributed by atoms with Gasteiger partial charge in [-0.05, 0) is 24.4 Å². The minimum absolute atomic E-state index is 0.704. The highest BCUT2D eigenvalue weighted by Crippen LogP contribution is 2.20. The Morgan fingerprint density at radius 1 is 1.08 bits per heavy atom. The third-order valence-corrected chi connectivity index (χ3v) is 5.80. The molecule has 5 nitrogen and oxygen atoms in total.